The third kappa shape index (κ3) is 4.32. The zero-order chi connectivity index (χ0) is 15.2. The first-order valence-corrected chi connectivity index (χ1v) is 7.22. The van der Waals surface area contributed by atoms with Crippen molar-refractivity contribution in [1.29, 1.82) is 0 Å². The van der Waals surface area contributed by atoms with Crippen LogP contribution in [0.25, 0.3) is 0 Å². The average Bonchev–Trinajstić information content (AvgIpc) is 2.46. The van der Waals surface area contributed by atoms with Gasteiger partial charge in [-0.25, -0.2) is 9.78 Å². The van der Waals surface area contributed by atoms with Crippen LogP contribution in [-0.4, -0.2) is 27.7 Å². The fourth-order valence-corrected chi connectivity index (χ4v) is 2.51. The van der Waals surface area contributed by atoms with Gasteiger partial charge in [0.2, 0.25) is 5.91 Å². The number of aromatic nitrogens is 1. The maximum Gasteiger partial charge on any atom is 0.354 e. The second-order valence-corrected chi connectivity index (χ2v) is 5.35. The van der Waals surface area contributed by atoms with E-state index in [1.165, 1.54) is 24.0 Å². The van der Waals surface area contributed by atoms with E-state index in [4.69, 9.17) is 5.11 Å². The molecule has 0 atom stereocenters. The molecule has 108 valence electrons. The first-order chi connectivity index (χ1) is 10.1. The van der Waals surface area contributed by atoms with Crippen LogP contribution in [0.15, 0.2) is 47.5 Å². The van der Waals surface area contributed by atoms with E-state index >= 15 is 0 Å². The van der Waals surface area contributed by atoms with Crippen molar-refractivity contribution in [1.82, 2.24) is 4.98 Å². The number of thioether (sulfide) groups is 1. The summed E-state index contributed by atoms with van der Waals surface area (Å²) >= 11 is 1.44. The van der Waals surface area contributed by atoms with Crippen molar-refractivity contribution in [3.8, 4) is 0 Å². The number of benzene rings is 1. The highest BCUT2D eigenvalue weighted by Crippen LogP contribution is 2.21. The van der Waals surface area contributed by atoms with E-state index in [-0.39, 0.29) is 17.4 Å². The van der Waals surface area contributed by atoms with Crippen molar-refractivity contribution in [2.24, 2.45) is 0 Å². The molecule has 0 aliphatic heterocycles. The lowest BCUT2D eigenvalue weighted by molar-refractivity contribution is -0.113. The first kappa shape index (κ1) is 15.1. The normalized spacial score (nSPS) is 10.1. The van der Waals surface area contributed by atoms with Gasteiger partial charge in [-0.3, -0.25) is 4.79 Å². The van der Waals surface area contributed by atoms with Crippen LogP contribution in [0.5, 0.6) is 0 Å². The molecule has 21 heavy (non-hydrogen) atoms. The van der Waals surface area contributed by atoms with Crippen LogP contribution in [-0.2, 0) is 4.79 Å². The van der Waals surface area contributed by atoms with E-state index in [1.807, 2.05) is 31.2 Å². The minimum absolute atomic E-state index is 0.0978. The number of carboxylic acids is 1. The van der Waals surface area contributed by atoms with Crippen LogP contribution in [0, 0.1) is 6.92 Å². The summed E-state index contributed by atoms with van der Waals surface area (Å²) in [6, 6.07) is 10.7. The zero-order valence-corrected chi connectivity index (χ0v) is 12.2. The number of aryl methyl sites for hydroxylation is 1. The average molecular weight is 302 g/mol. The Morgan fingerprint density at radius 2 is 2.05 bits per heavy atom. The lowest BCUT2D eigenvalue weighted by atomic mass is 10.2. The highest BCUT2D eigenvalue weighted by atomic mass is 32.2. The smallest absolute Gasteiger partial charge is 0.354 e. The summed E-state index contributed by atoms with van der Waals surface area (Å²) in [5.41, 5.74) is 1.45. The van der Waals surface area contributed by atoms with Crippen molar-refractivity contribution in [3.63, 3.8) is 0 Å². The summed E-state index contributed by atoms with van der Waals surface area (Å²) in [5.74, 6) is -1.05. The number of pyridine rings is 1. The molecule has 2 N–H and O–H groups in total. The largest absolute Gasteiger partial charge is 0.477 e. The van der Waals surface area contributed by atoms with Crippen LogP contribution in [0.1, 0.15) is 16.1 Å². The molecular weight excluding hydrogens is 288 g/mol. The van der Waals surface area contributed by atoms with E-state index in [2.05, 4.69) is 10.3 Å². The maximum absolute atomic E-state index is 11.9. The van der Waals surface area contributed by atoms with E-state index in [0.717, 1.165) is 10.5 Å². The number of amides is 1. The van der Waals surface area contributed by atoms with Gasteiger partial charge in [-0.05, 0) is 30.7 Å². The van der Waals surface area contributed by atoms with Crippen LogP contribution < -0.4 is 5.32 Å². The van der Waals surface area contributed by atoms with Gasteiger partial charge in [-0.2, -0.15) is 0 Å². The molecule has 0 spiro atoms. The quantitative estimate of drug-likeness (QED) is 0.830. The van der Waals surface area contributed by atoms with E-state index in [0.29, 0.717) is 5.69 Å². The van der Waals surface area contributed by atoms with Crippen molar-refractivity contribution >= 4 is 29.3 Å². The molecule has 0 unspecified atom stereocenters. The van der Waals surface area contributed by atoms with Gasteiger partial charge in [0.15, 0.2) is 0 Å². The Hall–Kier alpha value is -2.34. The van der Waals surface area contributed by atoms with Gasteiger partial charge in [-0.15, -0.1) is 11.8 Å². The third-order valence-electron chi connectivity index (χ3n) is 2.72. The Morgan fingerprint density at radius 3 is 2.76 bits per heavy atom. The predicted octanol–water partition coefficient (Wildman–Crippen LogP) is 2.82. The van der Waals surface area contributed by atoms with Gasteiger partial charge in [0.25, 0.3) is 0 Å². The Kier molecular flexibility index (Phi) is 4.94. The number of aromatic carboxylic acids is 1. The number of carbonyl (C=O) groups excluding carboxylic acids is 1. The number of hydrogen-bond donors (Lipinski definition) is 2. The second kappa shape index (κ2) is 6.90. The molecule has 2 rings (SSSR count). The summed E-state index contributed by atoms with van der Waals surface area (Å²) in [7, 11) is 0. The molecule has 0 radical (unpaired) electrons. The van der Waals surface area contributed by atoms with Crippen molar-refractivity contribution in [2.75, 3.05) is 11.1 Å². The molecule has 2 aromatic rings. The predicted molar refractivity (Wildman–Crippen MR) is 81.7 cm³/mol. The van der Waals surface area contributed by atoms with Crippen molar-refractivity contribution < 1.29 is 14.7 Å². The molecule has 0 aliphatic rings. The van der Waals surface area contributed by atoms with Gasteiger partial charge in [0, 0.05) is 16.8 Å². The monoisotopic (exact) mass is 302 g/mol. The Labute approximate surface area is 126 Å². The van der Waals surface area contributed by atoms with E-state index in [1.54, 1.807) is 6.07 Å². The standard InChI is InChI=1S/C15H14N2O3S/c1-10-4-2-3-5-13(10)21-9-14(18)17-11-6-7-16-12(8-11)15(19)20/h2-8H,9H2,1H3,(H,19,20)(H,16,17,18). The number of nitrogens with zero attached hydrogens (tertiary/aromatic N) is 1. The molecule has 1 amide bonds. The fourth-order valence-electron chi connectivity index (χ4n) is 1.68. The molecule has 5 nitrogen and oxygen atoms in total. The molecule has 1 heterocycles. The summed E-state index contributed by atoms with van der Waals surface area (Å²) in [6.45, 7) is 1.99. The minimum atomic E-state index is -1.12. The molecule has 0 saturated carbocycles. The molecule has 6 heteroatoms. The van der Waals surface area contributed by atoms with E-state index in [9.17, 15) is 9.59 Å². The van der Waals surface area contributed by atoms with Crippen LogP contribution >= 0.6 is 11.8 Å². The molecule has 0 aliphatic carbocycles. The van der Waals surface area contributed by atoms with Crippen molar-refractivity contribution in [2.45, 2.75) is 11.8 Å². The second-order valence-electron chi connectivity index (χ2n) is 4.34. The van der Waals surface area contributed by atoms with Crippen LogP contribution in [0.2, 0.25) is 0 Å². The summed E-state index contributed by atoms with van der Waals surface area (Å²) in [5, 5.41) is 11.5. The number of carboxylic acid groups (broad SMARTS) is 1. The lowest BCUT2D eigenvalue weighted by Gasteiger charge is -2.07. The van der Waals surface area contributed by atoms with Gasteiger partial charge in [0.1, 0.15) is 5.69 Å². The van der Waals surface area contributed by atoms with Gasteiger partial charge < -0.3 is 10.4 Å². The highest BCUT2D eigenvalue weighted by molar-refractivity contribution is 8.00. The number of carbonyl (C=O) groups is 2. The Morgan fingerprint density at radius 1 is 1.29 bits per heavy atom. The molecule has 0 bridgehead atoms. The van der Waals surface area contributed by atoms with E-state index < -0.39 is 5.97 Å². The molecule has 1 aromatic carbocycles. The van der Waals surface area contributed by atoms with Gasteiger partial charge >= 0.3 is 5.97 Å². The highest BCUT2D eigenvalue weighted by Gasteiger charge is 2.08. The summed E-state index contributed by atoms with van der Waals surface area (Å²) in [4.78, 5) is 27.4. The van der Waals surface area contributed by atoms with Crippen LogP contribution in [0.3, 0.4) is 0 Å². The Balaban J connectivity index is 1.95. The molecule has 1 aromatic heterocycles. The first-order valence-electron chi connectivity index (χ1n) is 6.24. The molecule has 0 saturated heterocycles. The number of anilines is 1. The number of hydrogen-bond acceptors (Lipinski definition) is 4. The number of rotatable bonds is 5. The maximum atomic E-state index is 11.9. The van der Waals surface area contributed by atoms with Gasteiger partial charge in [0.05, 0.1) is 5.75 Å². The molecule has 0 fully saturated rings. The topological polar surface area (TPSA) is 79.3 Å². The van der Waals surface area contributed by atoms with Gasteiger partial charge in [-0.1, -0.05) is 18.2 Å². The SMILES string of the molecule is Cc1ccccc1SCC(=O)Nc1ccnc(C(=O)O)c1. The zero-order valence-electron chi connectivity index (χ0n) is 11.4. The van der Waals surface area contributed by atoms with Crippen molar-refractivity contribution in [3.05, 3.63) is 53.9 Å². The Bertz CT molecular complexity index is 673. The van der Waals surface area contributed by atoms with Crippen LogP contribution in [0.4, 0.5) is 5.69 Å². The molecular formula is C15H14N2O3S. The lowest BCUT2D eigenvalue weighted by Crippen LogP contribution is -2.14. The summed E-state index contributed by atoms with van der Waals surface area (Å²) in [6.07, 6.45) is 1.35. The fraction of sp³-hybridized carbons (Fsp3) is 0.133. The minimum Gasteiger partial charge on any atom is -0.477 e. The third-order valence-corrected chi connectivity index (χ3v) is 3.89. The summed E-state index contributed by atoms with van der Waals surface area (Å²) < 4.78 is 0. The number of nitrogens with one attached hydrogen (secondary N) is 1.